The lowest BCUT2D eigenvalue weighted by Crippen LogP contribution is -2.53. The summed E-state index contributed by atoms with van der Waals surface area (Å²) in [5.41, 5.74) is 2.35. The van der Waals surface area contributed by atoms with Crippen molar-refractivity contribution in [3.8, 4) is 11.5 Å². The van der Waals surface area contributed by atoms with E-state index in [4.69, 9.17) is 27.9 Å². The number of nitrogens with zero attached hydrogens (tertiary/aromatic N) is 2. The molecule has 0 radical (unpaired) electrons. The number of likely N-dealkylation sites (N-methyl/N-ethyl adjacent to an activating group) is 1. The van der Waals surface area contributed by atoms with E-state index in [9.17, 15) is 18.0 Å². The van der Waals surface area contributed by atoms with Crippen LogP contribution in [0.5, 0.6) is 11.5 Å². The fraction of sp³-hybridized carbons (Fsp3) is 0.179. The highest BCUT2D eigenvalue weighted by molar-refractivity contribution is 7.92. The second-order valence-electron chi connectivity index (χ2n) is 11.6. The number of benzene rings is 5. The number of rotatable bonds is 14. The Morgan fingerprint density at radius 2 is 1.34 bits per heavy atom. The topological polar surface area (TPSA) is 96.0 Å². The van der Waals surface area contributed by atoms with E-state index in [-0.39, 0.29) is 23.5 Å². The molecular weight excluding hydrogens is 693 g/mol. The van der Waals surface area contributed by atoms with E-state index in [1.54, 1.807) is 73.7 Å². The van der Waals surface area contributed by atoms with E-state index in [1.807, 2.05) is 55.5 Å². The molecule has 0 spiro atoms. The highest BCUT2D eigenvalue weighted by Gasteiger charge is 2.35. The van der Waals surface area contributed by atoms with Crippen LogP contribution >= 0.6 is 23.2 Å². The zero-order valence-electron chi connectivity index (χ0n) is 27.6. The second kappa shape index (κ2) is 16.7. The molecule has 0 bridgehead atoms. The van der Waals surface area contributed by atoms with Crippen LogP contribution in [0, 0.1) is 6.92 Å². The molecule has 0 heterocycles. The summed E-state index contributed by atoms with van der Waals surface area (Å²) in [5, 5.41) is 3.46. The molecule has 0 aromatic heterocycles. The maximum atomic E-state index is 14.7. The van der Waals surface area contributed by atoms with Crippen molar-refractivity contribution >= 4 is 50.7 Å². The molecule has 11 heteroatoms. The van der Waals surface area contributed by atoms with Crippen molar-refractivity contribution in [2.45, 2.75) is 37.8 Å². The van der Waals surface area contributed by atoms with Gasteiger partial charge in [-0.2, -0.15) is 0 Å². The van der Waals surface area contributed by atoms with E-state index in [0.29, 0.717) is 33.7 Å². The molecular formula is C39H37Cl2N3O5S. The molecule has 1 unspecified atom stereocenters. The van der Waals surface area contributed by atoms with Gasteiger partial charge < -0.3 is 15.0 Å². The van der Waals surface area contributed by atoms with E-state index >= 15 is 0 Å². The summed E-state index contributed by atoms with van der Waals surface area (Å²) in [6.07, 6.45) is 0.163. The molecule has 0 aliphatic heterocycles. The zero-order chi connectivity index (χ0) is 35.7. The van der Waals surface area contributed by atoms with Crippen LogP contribution in [0.2, 0.25) is 10.0 Å². The Hall–Kier alpha value is -4.83. The Bertz CT molecular complexity index is 1990. The van der Waals surface area contributed by atoms with Crippen molar-refractivity contribution in [3.05, 3.63) is 154 Å². The van der Waals surface area contributed by atoms with Crippen molar-refractivity contribution in [1.29, 1.82) is 0 Å². The summed E-state index contributed by atoms with van der Waals surface area (Å²) < 4.78 is 35.7. The van der Waals surface area contributed by atoms with Crippen LogP contribution in [0.1, 0.15) is 23.6 Å². The van der Waals surface area contributed by atoms with Crippen molar-refractivity contribution in [1.82, 2.24) is 10.2 Å². The van der Waals surface area contributed by atoms with Crippen LogP contribution in [0.3, 0.4) is 0 Å². The summed E-state index contributed by atoms with van der Waals surface area (Å²) in [4.78, 5) is 29.8. The minimum Gasteiger partial charge on any atom is -0.457 e. The van der Waals surface area contributed by atoms with E-state index in [2.05, 4.69) is 5.32 Å². The molecule has 0 fully saturated rings. The summed E-state index contributed by atoms with van der Waals surface area (Å²) in [6, 6.07) is 35.3. The van der Waals surface area contributed by atoms with E-state index in [1.165, 1.54) is 17.0 Å². The van der Waals surface area contributed by atoms with E-state index < -0.39 is 34.4 Å². The van der Waals surface area contributed by atoms with Crippen LogP contribution in [0.15, 0.2) is 132 Å². The summed E-state index contributed by atoms with van der Waals surface area (Å²) in [6.45, 7) is 3.20. The number of para-hydroxylation sites is 1. The molecule has 1 N–H and O–H groups in total. The SMILES string of the molecule is CCNC(=O)C(Cc1ccccc1)N(Cc1c(Cl)cccc1Cl)C(=O)CN(c1ccc(Oc2ccccc2)cc1)S(=O)(=O)c1ccc(C)cc1. The number of anilines is 1. The van der Waals surface area contributed by atoms with Crippen LogP contribution < -0.4 is 14.4 Å². The van der Waals surface area contributed by atoms with Crippen LogP contribution in [-0.4, -0.2) is 44.3 Å². The van der Waals surface area contributed by atoms with Crippen molar-refractivity contribution in [2.75, 3.05) is 17.4 Å². The first-order valence-electron chi connectivity index (χ1n) is 16.0. The first-order valence-corrected chi connectivity index (χ1v) is 18.2. The Balaban J connectivity index is 1.57. The number of hydrogen-bond donors (Lipinski definition) is 1. The average molecular weight is 731 g/mol. The molecule has 5 aromatic rings. The fourth-order valence-electron chi connectivity index (χ4n) is 5.37. The van der Waals surface area contributed by atoms with Gasteiger partial charge in [-0.15, -0.1) is 0 Å². The first kappa shape index (κ1) is 36.5. The molecule has 1 atom stereocenters. The predicted octanol–water partition coefficient (Wildman–Crippen LogP) is 8.07. The highest BCUT2D eigenvalue weighted by Crippen LogP contribution is 2.31. The van der Waals surface area contributed by atoms with Gasteiger partial charge in [0.15, 0.2) is 0 Å². The third-order valence-corrected chi connectivity index (χ3v) is 10.5. The first-order chi connectivity index (χ1) is 24.1. The van der Waals surface area contributed by atoms with Crippen LogP contribution in [-0.2, 0) is 32.6 Å². The molecule has 50 heavy (non-hydrogen) atoms. The Kier molecular flexibility index (Phi) is 12.2. The number of halogens is 2. The Morgan fingerprint density at radius 3 is 1.94 bits per heavy atom. The zero-order valence-corrected chi connectivity index (χ0v) is 30.0. The predicted molar refractivity (Wildman–Crippen MR) is 198 cm³/mol. The van der Waals surface area contributed by atoms with Gasteiger partial charge in [0, 0.05) is 35.1 Å². The number of amides is 2. The largest absolute Gasteiger partial charge is 0.457 e. The van der Waals surface area contributed by atoms with Gasteiger partial charge in [-0.05, 0) is 80.1 Å². The van der Waals surface area contributed by atoms with Crippen molar-refractivity contribution in [2.24, 2.45) is 0 Å². The number of sulfonamides is 1. The molecule has 0 saturated heterocycles. The minimum absolute atomic E-state index is 0.00534. The molecule has 258 valence electrons. The molecule has 5 rings (SSSR count). The van der Waals surface area contributed by atoms with Gasteiger partial charge in [0.1, 0.15) is 24.1 Å². The van der Waals surface area contributed by atoms with Crippen LogP contribution in [0.25, 0.3) is 0 Å². The van der Waals surface area contributed by atoms with Gasteiger partial charge in [0.2, 0.25) is 11.8 Å². The van der Waals surface area contributed by atoms with Gasteiger partial charge in [0.05, 0.1) is 10.6 Å². The van der Waals surface area contributed by atoms with Crippen molar-refractivity contribution < 1.29 is 22.7 Å². The third kappa shape index (κ3) is 9.04. The van der Waals surface area contributed by atoms with Crippen molar-refractivity contribution in [3.63, 3.8) is 0 Å². The quantitative estimate of drug-likeness (QED) is 0.125. The normalized spacial score (nSPS) is 11.8. The fourth-order valence-corrected chi connectivity index (χ4v) is 7.30. The molecule has 0 aliphatic carbocycles. The maximum absolute atomic E-state index is 14.7. The molecule has 0 aliphatic rings. The summed E-state index contributed by atoms with van der Waals surface area (Å²) in [7, 11) is -4.28. The van der Waals surface area contributed by atoms with Crippen LogP contribution in [0.4, 0.5) is 5.69 Å². The van der Waals surface area contributed by atoms with Gasteiger partial charge in [0.25, 0.3) is 10.0 Å². The summed E-state index contributed by atoms with van der Waals surface area (Å²) >= 11 is 13.2. The average Bonchev–Trinajstić information content (AvgIpc) is 3.11. The lowest BCUT2D eigenvalue weighted by Gasteiger charge is -2.34. The highest BCUT2D eigenvalue weighted by atomic mass is 35.5. The second-order valence-corrected chi connectivity index (χ2v) is 14.2. The lowest BCUT2D eigenvalue weighted by molar-refractivity contribution is -0.140. The van der Waals surface area contributed by atoms with Gasteiger partial charge in [-0.3, -0.25) is 13.9 Å². The number of ether oxygens (including phenoxy) is 1. The smallest absolute Gasteiger partial charge is 0.264 e. The lowest BCUT2D eigenvalue weighted by atomic mass is 10.0. The number of carbonyl (C=O) groups excluding carboxylic acids is 2. The molecule has 2 amide bonds. The number of nitrogens with one attached hydrogen (secondary N) is 1. The standard InChI is InChI=1S/C39H37Cl2N3O5S/c1-3-42-39(46)37(25-29-11-6-4-7-12-29)43(26-34-35(40)15-10-16-36(34)41)38(45)27-44(50(47,48)33-23-17-28(2)18-24-33)30-19-21-32(22-20-30)49-31-13-8-5-9-14-31/h4-24,37H,3,25-27H2,1-2H3,(H,42,46). The van der Waals surface area contributed by atoms with Gasteiger partial charge in [-0.25, -0.2) is 8.42 Å². The monoisotopic (exact) mass is 729 g/mol. The number of carbonyl (C=O) groups is 2. The number of aryl methyl sites for hydroxylation is 1. The maximum Gasteiger partial charge on any atom is 0.264 e. The van der Waals surface area contributed by atoms with E-state index in [0.717, 1.165) is 15.4 Å². The summed E-state index contributed by atoms with van der Waals surface area (Å²) in [5.74, 6) is 0.0630. The van der Waals surface area contributed by atoms with Gasteiger partial charge in [-0.1, -0.05) is 95.5 Å². The van der Waals surface area contributed by atoms with Gasteiger partial charge >= 0.3 is 0 Å². The third-order valence-electron chi connectivity index (χ3n) is 8.00. The molecule has 8 nitrogen and oxygen atoms in total. The molecule has 5 aromatic carbocycles. The Labute approximate surface area is 303 Å². The molecule has 0 saturated carbocycles. The minimum atomic E-state index is -4.28. The Morgan fingerprint density at radius 1 is 0.760 bits per heavy atom. The number of hydrogen-bond acceptors (Lipinski definition) is 5.